The van der Waals surface area contributed by atoms with Gasteiger partial charge in [-0.3, -0.25) is 4.90 Å². The summed E-state index contributed by atoms with van der Waals surface area (Å²) in [4.78, 5) is 2.28. The third kappa shape index (κ3) is 3.55. The van der Waals surface area contributed by atoms with Crippen molar-refractivity contribution in [1.82, 2.24) is 4.90 Å². The van der Waals surface area contributed by atoms with Crippen molar-refractivity contribution in [3.63, 3.8) is 0 Å². The highest BCUT2D eigenvalue weighted by molar-refractivity contribution is 5.24. The number of ether oxygens (including phenoxy) is 1. The lowest BCUT2D eigenvalue weighted by atomic mass is 10.1. The van der Waals surface area contributed by atoms with E-state index in [1.54, 1.807) is 0 Å². The monoisotopic (exact) mass is 249 g/mol. The van der Waals surface area contributed by atoms with Crippen LogP contribution in [0.5, 0.6) is 0 Å². The Hall–Kier alpha value is -0.900. The van der Waals surface area contributed by atoms with Crippen LogP contribution >= 0.6 is 0 Å². The standard InChI is InChI=1S/C15H23NO2/c1-11-5-4-6-14(7-11)15(17)10-16-8-12(2)18-13(3)9-16/h4-7,12-13,15,17H,8-10H2,1-3H3. The van der Waals surface area contributed by atoms with Crippen molar-refractivity contribution in [3.05, 3.63) is 35.4 Å². The van der Waals surface area contributed by atoms with E-state index in [1.165, 1.54) is 5.56 Å². The zero-order chi connectivity index (χ0) is 13.1. The van der Waals surface area contributed by atoms with Crippen LogP contribution in [0.3, 0.4) is 0 Å². The summed E-state index contributed by atoms with van der Waals surface area (Å²) in [6.45, 7) is 8.69. The summed E-state index contributed by atoms with van der Waals surface area (Å²) in [7, 11) is 0. The fourth-order valence-electron chi connectivity index (χ4n) is 2.66. The minimum Gasteiger partial charge on any atom is -0.387 e. The van der Waals surface area contributed by atoms with Crippen LogP contribution in [-0.2, 0) is 4.74 Å². The number of hydrogen-bond acceptors (Lipinski definition) is 3. The number of morpholine rings is 1. The van der Waals surface area contributed by atoms with Crippen LogP contribution in [0.2, 0.25) is 0 Å². The molecule has 1 N–H and O–H groups in total. The Balaban J connectivity index is 1.96. The van der Waals surface area contributed by atoms with E-state index in [-0.39, 0.29) is 12.2 Å². The maximum atomic E-state index is 10.3. The topological polar surface area (TPSA) is 32.7 Å². The molecule has 1 heterocycles. The normalized spacial score (nSPS) is 27.1. The minimum absolute atomic E-state index is 0.249. The molecule has 3 nitrogen and oxygen atoms in total. The van der Waals surface area contributed by atoms with Crippen LogP contribution in [0.25, 0.3) is 0 Å². The third-order valence-corrected chi connectivity index (χ3v) is 3.35. The van der Waals surface area contributed by atoms with Gasteiger partial charge in [-0.25, -0.2) is 0 Å². The van der Waals surface area contributed by atoms with E-state index in [0.29, 0.717) is 6.54 Å². The van der Waals surface area contributed by atoms with Gasteiger partial charge in [0.2, 0.25) is 0 Å². The summed E-state index contributed by atoms with van der Waals surface area (Å²) in [5.74, 6) is 0. The van der Waals surface area contributed by atoms with E-state index in [4.69, 9.17) is 4.74 Å². The predicted octanol–water partition coefficient (Wildman–Crippen LogP) is 2.14. The molecule has 2 rings (SSSR count). The summed E-state index contributed by atoms with van der Waals surface area (Å²) >= 11 is 0. The quantitative estimate of drug-likeness (QED) is 0.891. The van der Waals surface area contributed by atoms with Crippen LogP contribution in [-0.4, -0.2) is 41.8 Å². The van der Waals surface area contributed by atoms with E-state index >= 15 is 0 Å². The molecule has 18 heavy (non-hydrogen) atoms. The molecule has 0 aliphatic carbocycles. The van der Waals surface area contributed by atoms with Crippen molar-refractivity contribution in [2.45, 2.75) is 39.1 Å². The lowest BCUT2D eigenvalue weighted by molar-refractivity contribution is -0.0767. The molecule has 1 fully saturated rings. The molecule has 0 amide bonds. The van der Waals surface area contributed by atoms with Crippen LogP contribution in [0.15, 0.2) is 24.3 Å². The van der Waals surface area contributed by atoms with Crippen LogP contribution in [0, 0.1) is 6.92 Å². The molecule has 100 valence electrons. The van der Waals surface area contributed by atoms with Gasteiger partial charge in [-0.2, -0.15) is 0 Å². The Bertz CT molecular complexity index is 384. The van der Waals surface area contributed by atoms with E-state index in [1.807, 2.05) is 12.1 Å². The molecule has 1 aromatic carbocycles. The SMILES string of the molecule is Cc1cccc(C(O)CN2CC(C)OC(C)C2)c1. The van der Waals surface area contributed by atoms with E-state index in [9.17, 15) is 5.11 Å². The molecule has 3 unspecified atom stereocenters. The van der Waals surface area contributed by atoms with Crippen LogP contribution in [0.1, 0.15) is 31.1 Å². The molecule has 3 atom stereocenters. The molecule has 0 aromatic heterocycles. The lowest BCUT2D eigenvalue weighted by Crippen LogP contribution is -2.46. The Labute approximate surface area is 109 Å². The van der Waals surface area contributed by atoms with Gasteiger partial charge >= 0.3 is 0 Å². The van der Waals surface area contributed by atoms with Gasteiger partial charge in [0.1, 0.15) is 0 Å². The average Bonchev–Trinajstić information content (AvgIpc) is 2.27. The van der Waals surface area contributed by atoms with Crippen LogP contribution in [0.4, 0.5) is 0 Å². The highest BCUT2D eigenvalue weighted by Gasteiger charge is 2.24. The van der Waals surface area contributed by atoms with Crippen molar-refractivity contribution >= 4 is 0 Å². The molecule has 0 spiro atoms. The smallest absolute Gasteiger partial charge is 0.0917 e. The minimum atomic E-state index is -0.414. The van der Waals surface area contributed by atoms with Gasteiger partial charge in [-0.15, -0.1) is 0 Å². The number of nitrogens with zero attached hydrogens (tertiary/aromatic N) is 1. The Morgan fingerprint density at radius 3 is 2.61 bits per heavy atom. The molecule has 1 aliphatic heterocycles. The Kier molecular flexibility index (Phi) is 4.38. The number of aliphatic hydroxyl groups excluding tert-OH is 1. The van der Waals surface area contributed by atoms with Gasteiger partial charge in [0.25, 0.3) is 0 Å². The zero-order valence-electron chi connectivity index (χ0n) is 11.5. The van der Waals surface area contributed by atoms with E-state index < -0.39 is 6.10 Å². The number of β-amino-alcohol motifs (C(OH)–C–C–N with tert-alkyl or cyclic N) is 1. The largest absolute Gasteiger partial charge is 0.387 e. The second kappa shape index (κ2) is 5.83. The second-order valence-electron chi connectivity index (χ2n) is 5.41. The molecule has 0 radical (unpaired) electrons. The second-order valence-corrected chi connectivity index (χ2v) is 5.41. The maximum absolute atomic E-state index is 10.3. The fourth-order valence-corrected chi connectivity index (χ4v) is 2.66. The highest BCUT2D eigenvalue weighted by atomic mass is 16.5. The van der Waals surface area contributed by atoms with E-state index in [2.05, 4.69) is 37.8 Å². The average molecular weight is 249 g/mol. The molecule has 0 bridgehead atoms. The first-order valence-corrected chi connectivity index (χ1v) is 6.67. The molecule has 0 saturated carbocycles. The summed E-state index contributed by atoms with van der Waals surface area (Å²) in [6.07, 6.45) is 0.0827. The first kappa shape index (κ1) is 13.5. The van der Waals surface area contributed by atoms with Gasteiger partial charge in [-0.1, -0.05) is 29.8 Å². The van der Waals surface area contributed by atoms with Crippen molar-refractivity contribution in [3.8, 4) is 0 Å². The first-order valence-electron chi connectivity index (χ1n) is 6.67. The molecular formula is C15H23NO2. The van der Waals surface area contributed by atoms with Crippen molar-refractivity contribution < 1.29 is 9.84 Å². The van der Waals surface area contributed by atoms with Crippen molar-refractivity contribution in [2.24, 2.45) is 0 Å². The van der Waals surface area contributed by atoms with Crippen molar-refractivity contribution in [1.29, 1.82) is 0 Å². The van der Waals surface area contributed by atoms with Crippen LogP contribution < -0.4 is 0 Å². The predicted molar refractivity (Wildman–Crippen MR) is 72.6 cm³/mol. The highest BCUT2D eigenvalue weighted by Crippen LogP contribution is 2.18. The van der Waals surface area contributed by atoms with Gasteiger partial charge in [0, 0.05) is 19.6 Å². The molecule has 1 aliphatic rings. The molecule has 3 heteroatoms. The number of aliphatic hydroxyl groups is 1. The molecule has 1 saturated heterocycles. The summed E-state index contributed by atoms with van der Waals surface area (Å²) in [5.41, 5.74) is 2.19. The van der Waals surface area contributed by atoms with E-state index in [0.717, 1.165) is 18.7 Å². The number of rotatable bonds is 3. The van der Waals surface area contributed by atoms with Gasteiger partial charge in [0.05, 0.1) is 18.3 Å². The zero-order valence-corrected chi connectivity index (χ0v) is 11.5. The molecular weight excluding hydrogens is 226 g/mol. The first-order chi connectivity index (χ1) is 8.54. The Morgan fingerprint density at radius 1 is 1.33 bits per heavy atom. The number of aryl methyl sites for hydroxylation is 1. The summed E-state index contributed by atoms with van der Waals surface area (Å²) in [6, 6.07) is 8.09. The number of hydrogen-bond donors (Lipinski definition) is 1. The third-order valence-electron chi connectivity index (χ3n) is 3.35. The number of benzene rings is 1. The fraction of sp³-hybridized carbons (Fsp3) is 0.600. The molecule has 1 aromatic rings. The van der Waals surface area contributed by atoms with Gasteiger partial charge in [-0.05, 0) is 26.3 Å². The lowest BCUT2D eigenvalue weighted by Gasteiger charge is -2.36. The summed E-state index contributed by atoms with van der Waals surface area (Å²) in [5, 5.41) is 10.3. The van der Waals surface area contributed by atoms with Crippen molar-refractivity contribution in [2.75, 3.05) is 19.6 Å². The Morgan fingerprint density at radius 2 is 2.00 bits per heavy atom. The maximum Gasteiger partial charge on any atom is 0.0917 e. The van der Waals surface area contributed by atoms with Gasteiger partial charge in [0.15, 0.2) is 0 Å². The van der Waals surface area contributed by atoms with Gasteiger partial charge < -0.3 is 9.84 Å². The summed E-state index contributed by atoms with van der Waals surface area (Å²) < 4.78 is 5.70.